The molecule has 88 valence electrons. The summed E-state index contributed by atoms with van der Waals surface area (Å²) in [5.41, 5.74) is -0.399. The molecule has 0 aromatic carbocycles. The Morgan fingerprint density at radius 2 is 2.20 bits per heavy atom. The van der Waals surface area contributed by atoms with Crippen LogP contribution in [0.2, 0.25) is 0 Å². The van der Waals surface area contributed by atoms with E-state index in [1.807, 2.05) is 32.7 Å². The molecule has 4 nitrogen and oxygen atoms in total. The summed E-state index contributed by atoms with van der Waals surface area (Å²) >= 11 is 0. The lowest BCUT2D eigenvalue weighted by atomic mass is 10.2. The Labute approximate surface area is 92.0 Å². The number of likely N-dealkylation sites (tertiary alicyclic amines) is 1. The Morgan fingerprint density at radius 3 is 2.73 bits per heavy atom. The molecular formula is C11H22N2O2. The van der Waals surface area contributed by atoms with Crippen molar-refractivity contribution in [3.05, 3.63) is 0 Å². The summed E-state index contributed by atoms with van der Waals surface area (Å²) in [5.74, 6) is 0. The Bertz CT molecular complexity index is 223. The number of likely N-dealkylation sites (N-methyl/N-ethyl adjacent to an activating group) is 1. The molecule has 0 aliphatic carbocycles. The van der Waals surface area contributed by atoms with Crippen LogP contribution in [0.3, 0.4) is 0 Å². The Balaban J connectivity index is 2.51. The van der Waals surface area contributed by atoms with Gasteiger partial charge in [0.05, 0.1) is 0 Å². The topological polar surface area (TPSA) is 41.6 Å². The molecule has 1 atom stereocenters. The maximum absolute atomic E-state index is 11.8. The second-order valence-corrected chi connectivity index (χ2v) is 5.03. The van der Waals surface area contributed by atoms with E-state index in [0.29, 0.717) is 6.04 Å². The van der Waals surface area contributed by atoms with Crippen molar-refractivity contribution in [1.29, 1.82) is 0 Å². The lowest BCUT2D eigenvalue weighted by Crippen LogP contribution is -2.43. The van der Waals surface area contributed by atoms with Crippen molar-refractivity contribution >= 4 is 6.09 Å². The van der Waals surface area contributed by atoms with Crippen LogP contribution in [0.25, 0.3) is 0 Å². The molecule has 0 aromatic heterocycles. The number of ether oxygens (including phenoxy) is 1. The highest BCUT2D eigenvalue weighted by Crippen LogP contribution is 2.20. The second-order valence-electron chi connectivity index (χ2n) is 5.03. The van der Waals surface area contributed by atoms with Gasteiger partial charge in [0.1, 0.15) is 5.60 Å². The van der Waals surface area contributed by atoms with E-state index in [-0.39, 0.29) is 6.09 Å². The van der Waals surface area contributed by atoms with Crippen molar-refractivity contribution in [3.63, 3.8) is 0 Å². The fraction of sp³-hybridized carbons (Fsp3) is 0.909. The first kappa shape index (κ1) is 12.3. The summed E-state index contributed by atoms with van der Waals surface area (Å²) < 4.78 is 5.36. The molecule has 0 radical (unpaired) electrons. The van der Waals surface area contributed by atoms with Crippen LogP contribution < -0.4 is 5.32 Å². The van der Waals surface area contributed by atoms with Gasteiger partial charge in [0.2, 0.25) is 0 Å². The molecule has 0 saturated carbocycles. The molecular weight excluding hydrogens is 192 g/mol. The predicted molar refractivity (Wildman–Crippen MR) is 59.9 cm³/mol. The molecule has 4 heteroatoms. The van der Waals surface area contributed by atoms with Gasteiger partial charge in [-0.25, -0.2) is 4.79 Å². The smallest absolute Gasteiger partial charge is 0.410 e. The SMILES string of the molecule is CNC[C@@H]1CCCN1C(=O)OC(C)(C)C. The third-order valence-corrected chi connectivity index (χ3v) is 2.44. The molecule has 1 aliphatic heterocycles. The minimum atomic E-state index is -0.399. The van der Waals surface area contributed by atoms with Gasteiger partial charge in [0.25, 0.3) is 0 Å². The standard InChI is InChI=1S/C11H22N2O2/c1-11(2,3)15-10(14)13-7-5-6-9(13)8-12-4/h9,12H,5-8H2,1-4H3/t9-/m0/s1. The van der Waals surface area contributed by atoms with Crippen LogP contribution in [0.1, 0.15) is 33.6 Å². The number of hydrogen-bond donors (Lipinski definition) is 1. The molecule has 1 heterocycles. The number of rotatable bonds is 2. The minimum Gasteiger partial charge on any atom is -0.444 e. The molecule has 0 bridgehead atoms. The third-order valence-electron chi connectivity index (χ3n) is 2.44. The maximum atomic E-state index is 11.8. The number of amides is 1. The van der Waals surface area contributed by atoms with E-state index in [2.05, 4.69) is 5.32 Å². The van der Waals surface area contributed by atoms with Gasteiger partial charge in [-0.1, -0.05) is 0 Å². The summed E-state index contributed by atoms with van der Waals surface area (Å²) in [4.78, 5) is 13.7. The van der Waals surface area contributed by atoms with Crippen LogP contribution in [0, 0.1) is 0 Å². The van der Waals surface area contributed by atoms with Gasteiger partial charge in [0.15, 0.2) is 0 Å². The number of nitrogens with one attached hydrogen (secondary N) is 1. The molecule has 1 N–H and O–H groups in total. The van der Waals surface area contributed by atoms with Gasteiger partial charge in [-0.2, -0.15) is 0 Å². The number of hydrogen-bond acceptors (Lipinski definition) is 3. The van der Waals surface area contributed by atoms with Crippen molar-refractivity contribution in [2.75, 3.05) is 20.1 Å². The highest BCUT2D eigenvalue weighted by atomic mass is 16.6. The van der Waals surface area contributed by atoms with Crippen LogP contribution in [0.4, 0.5) is 4.79 Å². The maximum Gasteiger partial charge on any atom is 0.410 e. The van der Waals surface area contributed by atoms with E-state index in [1.54, 1.807) is 0 Å². The van der Waals surface area contributed by atoms with Crippen molar-refractivity contribution in [3.8, 4) is 0 Å². The van der Waals surface area contributed by atoms with Crippen LogP contribution in [-0.2, 0) is 4.74 Å². The van der Waals surface area contributed by atoms with Crippen molar-refractivity contribution in [2.45, 2.75) is 45.3 Å². The molecule has 0 unspecified atom stereocenters. The fourth-order valence-electron chi connectivity index (χ4n) is 1.84. The molecule has 1 aliphatic rings. The number of carbonyl (C=O) groups is 1. The van der Waals surface area contributed by atoms with E-state index in [1.165, 1.54) is 0 Å². The molecule has 0 spiro atoms. The lowest BCUT2D eigenvalue weighted by Gasteiger charge is -2.28. The molecule has 1 rings (SSSR count). The van der Waals surface area contributed by atoms with Crippen molar-refractivity contribution in [2.24, 2.45) is 0 Å². The zero-order valence-corrected chi connectivity index (χ0v) is 10.2. The summed E-state index contributed by atoms with van der Waals surface area (Å²) in [5, 5.41) is 3.11. The zero-order valence-electron chi connectivity index (χ0n) is 10.2. The lowest BCUT2D eigenvalue weighted by molar-refractivity contribution is 0.0228. The van der Waals surface area contributed by atoms with Crippen LogP contribution >= 0.6 is 0 Å². The molecule has 1 saturated heterocycles. The molecule has 1 fully saturated rings. The summed E-state index contributed by atoms with van der Waals surface area (Å²) in [6.07, 6.45) is 1.96. The Kier molecular flexibility index (Phi) is 3.97. The first-order chi connectivity index (χ1) is 6.94. The van der Waals surface area contributed by atoms with Gasteiger partial charge in [-0.05, 0) is 40.7 Å². The summed E-state index contributed by atoms with van der Waals surface area (Å²) in [6, 6.07) is 0.296. The van der Waals surface area contributed by atoms with Gasteiger partial charge < -0.3 is 15.0 Å². The highest BCUT2D eigenvalue weighted by molar-refractivity contribution is 5.69. The first-order valence-corrected chi connectivity index (χ1v) is 5.58. The average Bonchev–Trinajstić information content (AvgIpc) is 2.49. The molecule has 0 aromatic rings. The van der Waals surface area contributed by atoms with Gasteiger partial charge in [0, 0.05) is 19.1 Å². The summed E-state index contributed by atoms with van der Waals surface area (Å²) in [7, 11) is 1.91. The monoisotopic (exact) mass is 214 g/mol. The summed E-state index contributed by atoms with van der Waals surface area (Å²) in [6.45, 7) is 7.36. The number of carbonyl (C=O) groups excluding carboxylic acids is 1. The largest absolute Gasteiger partial charge is 0.444 e. The number of nitrogens with zero attached hydrogens (tertiary/aromatic N) is 1. The average molecular weight is 214 g/mol. The Morgan fingerprint density at radius 1 is 1.53 bits per heavy atom. The van der Waals surface area contributed by atoms with Gasteiger partial charge >= 0.3 is 6.09 Å². The van der Waals surface area contributed by atoms with Crippen molar-refractivity contribution < 1.29 is 9.53 Å². The van der Waals surface area contributed by atoms with E-state index in [0.717, 1.165) is 25.9 Å². The van der Waals surface area contributed by atoms with Gasteiger partial charge in [-0.15, -0.1) is 0 Å². The first-order valence-electron chi connectivity index (χ1n) is 5.58. The minimum absolute atomic E-state index is 0.180. The Hall–Kier alpha value is -0.770. The molecule has 1 amide bonds. The van der Waals surface area contributed by atoms with Crippen molar-refractivity contribution in [1.82, 2.24) is 10.2 Å². The molecule has 15 heavy (non-hydrogen) atoms. The van der Waals surface area contributed by atoms with E-state index in [9.17, 15) is 4.79 Å². The second kappa shape index (κ2) is 4.84. The predicted octanol–water partition coefficient (Wildman–Crippen LogP) is 1.61. The quantitative estimate of drug-likeness (QED) is 0.759. The van der Waals surface area contributed by atoms with Crippen LogP contribution in [0.15, 0.2) is 0 Å². The van der Waals surface area contributed by atoms with E-state index >= 15 is 0 Å². The normalized spacial score (nSPS) is 21.9. The van der Waals surface area contributed by atoms with Crippen LogP contribution in [-0.4, -0.2) is 42.8 Å². The fourth-order valence-corrected chi connectivity index (χ4v) is 1.84. The van der Waals surface area contributed by atoms with E-state index in [4.69, 9.17) is 4.74 Å². The zero-order chi connectivity index (χ0) is 11.5. The third kappa shape index (κ3) is 3.70. The highest BCUT2D eigenvalue weighted by Gasteiger charge is 2.31. The van der Waals surface area contributed by atoms with E-state index < -0.39 is 5.60 Å². The van der Waals surface area contributed by atoms with Gasteiger partial charge in [-0.3, -0.25) is 0 Å². The van der Waals surface area contributed by atoms with Crippen LogP contribution in [0.5, 0.6) is 0 Å².